The second-order valence-electron chi connectivity index (χ2n) is 5.12. The van der Waals surface area contributed by atoms with Gasteiger partial charge in [-0.25, -0.2) is 22.0 Å². The normalized spacial score (nSPS) is 18.2. The van der Waals surface area contributed by atoms with Crippen molar-refractivity contribution in [3.63, 3.8) is 0 Å². The van der Waals surface area contributed by atoms with E-state index in [1.54, 1.807) is 6.92 Å². The molecule has 0 saturated carbocycles. The maximum Gasteiger partial charge on any atom is 0.333 e. The number of esters is 1. The molecule has 1 unspecified atom stereocenters. The molecule has 1 N–H and O–H groups in total. The fraction of sp³-hybridized carbons (Fsp3) is 0.400. The summed E-state index contributed by atoms with van der Waals surface area (Å²) in [4.78, 5) is 11.6. The standard InChI is InChI=1S/C15H17F2NO4S/c1-2-22-15(19)10-3-6-12(7-4-10)23(20,21)18-14-8-5-11(16)9-13(14)17/h3,5,8-9,12,18H,2,4,6-7H2,1H3. The number of carbonyl (C=O) groups is 1. The van der Waals surface area contributed by atoms with E-state index in [0.29, 0.717) is 11.6 Å². The average molecular weight is 345 g/mol. The lowest BCUT2D eigenvalue weighted by molar-refractivity contribution is -0.138. The van der Waals surface area contributed by atoms with Crippen LogP contribution in [0.15, 0.2) is 29.8 Å². The molecule has 0 bridgehead atoms. The summed E-state index contributed by atoms with van der Waals surface area (Å²) in [5.74, 6) is -2.21. The molecule has 1 aliphatic rings. The van der Waals surface area contributed by atoms with Crippen molar-refractivity contribution in [2.75, 3.05) is 11.3 Å². The van der Waals surface area contributed by atoms with Gasteiger partial charge >= 0.3 is 5.97 Å². The van der Waals surface area contributed by atoms with E-state index >= 15 is 0 Å². The summed E-state index contributed by atoms with van der Waals surface area (Å²) in [7, 11) is -3.84. The molecule has 0 heterocycles. The fourth-order valence-corrected chi connectivity index (χ4v) is 3.73. The van der Waals surface area contributed by atoms with Crippen LogP contribution in [-0.4, -0.2) is 26.2 Å². The number of halogens is 2. The SMILES string of the molecule is CCOC(=O)C1=CCC(S(=O)(=O)Nc2ccc(F)cc2F)CC1. The number of nitrogens with one attached hydrogen (secondary N) is 1. The Morgan fingerprint density at radius 3 is 2.70 bits per heavy atom. The highest BCUT2D eigenvalue weighted by Gasteiger charge is 2.30. The second kappa shape index (κ2) is 7.08. The predicted molar refractivity (Wildman–Crippen MR) is 81.3 cm³/mol. The quantitative estimate of drug-likeness (QED) is 0.833. The van der Waals surface area contributed by atoms with E-state index in [9.17, 15) is 22.0 Å². The lowest BCUT2D eigenvalue weighted by Crippen LogP contribution is -2.30. The minimum absolute atomic E-state index is 0.131. The van der Waals surface area contributed by atoms with Crippen molar-refractivity contribution in [2.24, 2.45) is 0 Å². The van der Waals surface area contributed by atoms with Crippen LogP contribution in [0.4, 0.5) is 14.5 Å². The summed E-state index contributed by atoms with van der Waals surface area (Å²) >= 11 is 0. The Balaban J connectivity index is 2.08. The van der Waals surface area contributed by atoms with Crippen LogP contribution >= 0.6 is 0 Å². The predicted octanol–water partition coefficient (Wildman–Crippen LogP) is 2.75. The summed E-state index contributed by atoms with van der Waals surface area (Å²) in [6, 6.07) is 2.61. The lowest BCUT2D eigenvalue weighted by Gasteiger charge is -2.22. The maximum atomic E-state index is 13.6. The third-order valence-corrected chi connectivity index (χ3v) is 5.33. The monoisotopic (exact) mass is 345 g/mol. The number of rotatable bonds is 5. The molecule has 0 fully saturated rings. The summed E-state index contributed by atoms with van der Waals surface area (Å²) in [5.41, 5.74) is 0.151. The largest absolute Gasteiger partial charge is 0.463 e. The molecule has 1 aromatic rings. The molecule has 0 aromatic heterocycles. The van der Waals surface area contributed by atoms with Gasteiger partial charge in [0.2, 0.25) is 10.0 Å². The molecule has 0 aliphatic heterocycles. The zero-order chi connectivity index (χ0) is 17.0. The van der Waals surface area contributed by atoms with Crippen LogP contribution in [0.5, 0.6) is 0 Å². The van der Waals surface area contributed by atoms with Gasteiger partial charge < -0.3 is 4.74 Å². The molecule has 1 aromatic carbocycles. The van der Waals surface area contributed by atoms with Crippen molar-refractivity contribution in [1.82, 2.24) is 0 Å². The van der Waals surface area contributed by atoms with E-state index in [4.69, 9.17) is 4.74 Å². The Morgan fingerprint density at radius 1 is 1.39 bits per heavy atom. The lowest BCUT2D eigenvalue weighted by atomic mass is 9.99. The second-order valence-corrected chi connectivity index (χ2v) is 7.08. The van der Waals surface area contributed by atoms with Crippen molar-refractivity contribution >= 4 is 21.7 Å². The molecule has 2 rings (SSSR count). The van der Waals surface area contributed by atoms with Crippen molar-refractivity contribution in [3.8, 4) is 0 Å². The highest BCUT2D eigenvalue weighted by atomic mass is 32.2. The number of anilines is 1. The smallest absolute Gasteiger partial charge is 0.333 e. The van der Waals surface area contributed by atoms with E-state index < -0.39 is 32.9 Å². The Kier molecular flexibility index (Phi) is 5.35. The first kappa shape index (κ1) is 17.4. The van der Waals surface area contributed by atoms with Crippen molar-refractivity contribution in [2.45, 2.75) is 31.4 Å². The summed E-state index contributed by atoms with van der Waals surface area (Å²) in [6.07, 6.45) is 2.16. The van der Waals surface area contributed by atoms with Gasteiger partial charge in [-0.15, -0.1) is 0 Å². The molecule has 0 spiro atoms. The van der Waals surface area contributed by atoms with Crippen LogP contribution in [-0.2, 0) is 19.6 Å². The fourth-order valence-electron chi connectivity index (χ4n) is 2.31. The van der Waals surface area contributed by atoms with E-state index in [-0.39, 0.29) is 31.6 Å². The van der Waals surface area contributed by atoms with Gasteiger partial charge in [0, 0.05) is 11.6 Å². The molecule has 1 aliphatic carbocycles. The van der Waals surface area contributed by atoms with E-state index in [2.05, 4.69) is 4.72 Å². The van der Waals surface area contributed by atoms with Gasteiger partial charge in [0.15, 0.2) is 0 Å². The third-order valence-electron chi connectivity index (χ3n) is 3.52. The van der Waals surface area contributed by atoms with E-state index in [1.165, 1.54) is 6.08 Å². The molecular formula is C15H17F2NO4S. The number of hydrogen-bond donors (Lipinski definition) is 1. The number of carbonyl (C=O) groups excluding carboxylic acids is 1. The number of allylic oxidation sites excluding steroid dienone is 1. The van der Waals surface area contributed by atoms with E-state index in [1.807, 2.05) is 0 Å². The molecule has 8 heteroatoms. The van der Waals surface area contributed by atoms with Gasteiger partial charge in [-0.1, -0.05) is 6.08 Å². The topological polar surface area (TPSA) is 72.5 Å². The number of sulfonamides is 1. The maximum absolute atomic E-state index is 13.6. The zero-order valence-corrected chi connectivity index (χ0v) is 13.3. The molecule has 5 nitrogen and oxygen atoms in total. The first-order valence-corrected chi connectivity index (χ1v) is 8.71. The van der Waals surface area contributed by atoms with Crippen molar-refractivity contribution in [3.05, 3.63) is 41.5 Å². The Morgan fingerprint density at radius 2 is 2.13 bits per heavy atom. The number of hydrogen-bond acceptors (Lipinski definition) is 4. The van der Waals surface area contributed by atoms with Crippen molar-refractivity contribution < 1.29 is 26.7 Å². The van der Waals surface area contributed by atoms with Gasteiger partial charge in [-0.3, -0.25) is 4.72 Å². The Bertz CT molecular complexity index is 731. The highest BCUT2D eigenvalue weighted by molar-refractivity contribution is 7.93. The molecule has 1 atom stereocenters. The molecule has 0 saturated heterocycles. The number of ether oxygens (including phenoxy) is 1. The zero-order valence-electron chi connectivity index (χ0n) is 12.5. The van der Waals surface area contributed by atoms with Gasteiger partial charge in [-0.05, 0) is 38.3 Å². The van der Waals surface area contributed by atoms with E-state index in [0.717, 1.165) is 12.1 Å². The van der Waals surface area contributed by atoms with Crippen LogP contribution < -0.4 is 4.72 Å². The molecule has 126 valence electrons. The van der Waals surface area contributed by atoms with Gasteiger partial charge in [0.05, 0.1) is 17.5 Å². The van der Waals surface area contributed by atoms with Gasteiger partial charge in [0.25, 0.3) is 0 Å². The Hall–Kier alpha value is -1.96. The van der Waals surface area contributed by atoms with Crippen LogP contribution in [0.1, 0.15) is 26.2 Å². The first-order chi connectivity index (χ1) is 10.8. The molecule has 23 heavy (non-hydrogen) atoms. The highest BCUT2D eigenvalue weighted by Crippen LogP contribution is 2.26. The van der Waals surface area contributed by atoms with Crippen LogP contribution in [0, 0.1) is 11.6 Å². The van der Waals surface area contributed by atoms with Crippen LogP contribution in [0.25, 0.3) is 0 Å². The molecule has 0 radical (unpaired) electrons. The summed E-state index contributed by atoms with van der Waals surface area (Å²) < 4.78 is 58.0. The Labute approximate surface area is 133 Å². The molecule has 0 amide bonds. The summed E-state index contributed by atoms with van der Waals surface area (Å²) in [6.45, 7) is 1.94. The summed E-state index contributed by atoms with van der Waals surface area (Å²) in [5, 5.41) is -0.787. The minimum atomic E-state index is -3.84. The first-order valence-electron chi connectivity index (χ1n) is 7.16. The van der Waals surface area contributed by atoms with Crippen molar-refractivity contribution in [1.29, 1.82) is 0 Å². The van der Waals surface area contributed by atoms with Gasteiger partial charge in [0.1, 0.15) is 11.6 Å². The minimum Gasteiger partial charge on any atom is -0.463 e. The third kappa shape index (κ3) is 4.28. The van der Waals surface area contributed by atoms with Crippen LogP contribution in [0.3, 0.4) is 0 Å². The number of benzene rings is 1. The molecular weight excluding hydrogens is 328 g/mol. The van der Waals surface area contributed by atoms with Gasteiger partial charge in [-0.2, -0.15) is 0 Å². The van der Waals surface area contributed by atoms with Crippen LogP contribution in [0.2, 0.25) is 0 Å². The average Bonchev–Trinajstić information content (AvgIpc) is 2.50.